The molecular formula is C42H52F3N7O21P4S2. The first kappa shape index (κ1) is 61.4. The van der Waals surface area contributed by atoms with Gasteiger partial charge in [0.25, 0.3) is 5.56 Å². The van der Waals surface area contributed by atoms with Gasteiger partial charge in [-0.1, -0.05) is 72.4 Å². The third-order valence-corrected chi connectivity index (χ3v) is 19.0. The highest BCUT2D eigenvalue weighted by Gasteiger charge is 2.55. The van der Waals surface area contributed by atoms with Crippen molar-refractivity contribution < 1.29 is 101 Å². The number of hydrogen-bond donors (Lipinski definition) is 6. The molecule has 3 saturated heterocycles. The van der Waals surface area contributed by atoms with Gasteiger partial charge in [-0.3, -0.25) is 28.0 Å². The molecule has 0 bridgehead atoms. The number of nitrogens with zero attached hydrogens (tertiary/aromatic N) is 5. The fourth-order valence-corrected chi connectivity index (χ4v) is 14.4. The highest BCUT2D eigenvalue weighted by molar-refractivity contribution is 7.99. The number of phosphoric acid groups is 4. The Morgan fingerprint density at radius 1 is 0.810 bits per heavy atom. The van der Waals surface area contributed by atoms with Crippen LogP contribution in [0.3, 0.4) is 0 Å². The highest BCUT2D eigenvalue weighted by Crippen LogP contribution is 2.71. The van der Waals surface area contributed by atoms with Gasteiger partial charge in [-0.05, 0) is 17.4 Å². The summed E-state index contributed by atoms with van der Waals surface area (Å²) in [4.78, 5) is 81.7. The summed E-state index contributed by atoms with van der Waals surface area (Å²) in [6.45, 7) is -1.50. The van der Waals surface area contributed by atoms with Crippen LogP contribution in [-0.4, -0.2) is 143 Å². The fraction of sp³-hybridized carbons (Fsp3) is 0.500. The predicted octanol–water partition coefficient (Wildman–Crippen LogP) is 5.82. The summed E-state index contributed by atoms with van der Waals surface area (Å²) in [6.07, 6.45) is -11.3. The third kappa shape index (κ3) is 17.2. The number of aromatic nitrogens is 6. The molecule has 3 fully saturated rings. The standard InChI is InChI=1S/C42H52F3N7O21P4S2/c1-63-31(19-25-9-5-3-6-10-25)67-28-21-27(66-38(28)52-24-47-33-36(46-15-18-78-2)49-40(50-37(33)52)79-17-14-42(43,44)45)22-64-74(55,56)71-76(59,60)73-77(61,62)72-75(57,58)65-23-29-34-35(39(68-29)51-16-13-30(53)48-41(51)54)70-32(69-34)20-26-11-7-4-8-12-26/h3-13,16,24,27-29,31-32,34-35,38-39H,14-15,17-23H2,1-2H3,(H,55,56)(H,57,58)(H,59,60)(H,61,62)(H,46,49,50)(H,48,53,54)/t27-,28+,29+,31?,32?,34+,35+,38+,39+/m0/s1. The summed E-state index contributed by atoms with van der Waals surface area (Å²) in [5.74, 6) is 0.434. The van der Waals surface area contributed by atoms with Crippen LogP contribution in [0.5, 0.6) is 0 Å². The molecule has 6 heterocycles. The van der Waals surface area contributed by atoms with E-state index in [0.29, 0.717) is 12.3 Å². The number of aromatic amines is 1. The van der Waals surface area contributed by atoms with Crippen LogP contribution in [0.15, 0.2) is 94.0 Å². The van der Waals surface area contributed by atoms with E-state index in [-0.39, 0.29) is 41.4 Å². The van der Waals surface area contributed by atoms with Crippen molar-refractivity contribution >= 4 is 71.8 Å². The molecule has 0 saturated carbocycles. The van der Waals surface area contributed by atoms with Gasteiger partial charge in [0.1, 0.15) is 24.4 Å². The van der Waals surface area contributed by atoms with Crippen molar-refractivity contribution in [2.45, 2.75) is 92.6 Å². The summed E-state index contributed by atoms with van der Waals surface area (Å²) in [5, 5.41) is 3.09. The van der Waals surface area contributed by atoms with Crippen LogP contribution in [0.4, 0.5) is 19.0 Å². The van der Waals surface area contributed by atoms with Gasteiger partial charge in [0, 0.05) is 56.7 Å². The second-order valence-corrected chi connectivity index (χ2v) is 25.6. The molecule has 0 spiro atoms. The maximum atomic E-state index is 13.2. The number of imidazole rings is 1. The quantitative estimate of drug-likeness (QED) is 0.0113. The van der Waals surface area contributed by atoms with Crippen molar-refractivity contribution in [2.24, 2.45) is 0 Å². The van der Waals surface area contributed by atoms with Gasteiger partial charge in [0.2, 0.25) is 0 Å². The van der Waals surface area contributed by atoms with Gasteiger partial charge in [-0.25, -0.2) is 38.0 Å². The predicted molar refractivity (Wildman–Crippen MR) is 271 cm³/mol. The molecule has 79 heavy (non-hydrogen) atoms. The summed E-state index contributed by atoms with van der Waals surface area (Å²) in [5.41, 5.74) is 0.257. The normalized spacial score (nSPS) is 25.8. The summed E-state index contributed by atoms with van der Waals surface area (Å²) < 4.78 is 152. The number of nitrogens with one attached hydrogen (secondary N) is 2. The topological polar surface area (TPSA) is 361 Å². The summed E-state index contributed by atoms with van der Waals surface area (Å²) >= 11 is 2.27. The van der Waals surface area contributed by atoms with Crippen LogP contribution >= 0.6 is 54.8 Å². The SMILES string of the molecule is COC(Cc1ccccc1)O[C@@H]1C[C@@H](COP(=O)(O)OP(=O)(O)OP(=O)(O)OP(=O)(O)OC[C@H]2O[C@@H](n3ccc(=O)[nH]c3=O)[C@@H]3OC(Cc4ccccc4)O[C@@H]32)O[C@H]1n1cnc2c(NCCSC)nc(SCCC(F)(F)F)nc21. The molecule has 3 aromatic heterocycles. The van der Waals surface area contributed by atoms with Crippen LogP contribution in [-0.2, 0) is 81.5 Å². The molecule has 3 aliphatic heterocycles. The molecule has 3 aliphatic rings. The van der Waals surface area contributed by atoms with E-state index in [0.717, 1.165) is 39.7 Å². The van der Waals surface area contributed by atoms with Gasteiger partial charge in [-0.15, -0.1) is 0 Å². The molecule has 0 aliphatic carbocycles. The van der Waals surface area contributed by atoms with Crippen molar-refractivity contribution in [3.05, 3.63) is 111 Å². The van der Waals surface area contributed by atoms with Gasteiger partial charge in [0.05, 0.1) is 32.1 Å². The average molecular weight is 1240 g/mol. The van der Waals surface area contributed by atoms with Crippen molar-refractivity contribution in [3.8, 4) is 0 Å². The number of thioether (sulfide) groups is 2. The van der Waals surface area contributed by atoms with E-state index in [9.17, 15) is 60.6 Å². The molecule has 2 aromatic carbocycles. The third-order valence-electron chi connectivity index (χ3n) is 11.6. The number of anilines is 1. The Balaban J connectivity index is 0.919. The van der Waals surface area contributed by atoms with Crippen LogP contribution in [0.1, 0.15) is 36.4 Å². The number of ether oxygens (including phenoxy) is 6. The number of methoxy groups -OCH3 is 1. The molecule has 6 N–H and O–H groups in total. The van der Waals surface area contributed by atoms with Gasteiger partial charge in [0.15, 0.2) is 47.2 Å². The van der Waals surface area contributed by atoms with Crippen LogP contribution in [0.2, 0.25) is 0 Å². The van der Waals surface area contributed by atoms with Crippen LogP contribution < -0.4 is 16.6 Å². The van der Waals surface area contributed by atoms with E-state index < -0.39 is 130 Å². The Kier molecular flexibility index (Phi) is 20.4. The molecular weight excluding hydrogens is 1180 g/mol. The maximum absolute atomic E-state index is 13.2. The number of H-pyrrole nitrogens is 1. The Hall–Kier alpha value is -3.72. The molecule has 13 atom stereocenters. The number of benzene rings is 2. The molecule has 434 valence electrons. The number of phosphoric ester groups is 2. The first-order valence-electron chi connectivity index (χ1n) is 23.5. The van der Waals surface area contributed by atoms with Crippen LogP contribution in [0.25, 0.3) is 11.2 Å². The van der Waals surface area contributed by atoms with E-state index in [2.05, 4.69) is 38.2 Å². The minimum atomic E-state index is -6.27. The molecule has 28 nitrogen and oxygen atoms in total. The fourth-order valence-electron chi connectivity index (χ4n) is 8.28. The highest BCUT2D eigenvalue weighted by atomic mass is 32.2. The molecule has 0 radical (unpaired) electrons. The van der Waals surface area contributed by atoms with E-state index in [1.807, 2.05) is 24.5 Å². The average Bonchev–Trinajstić information content (AvgIpc) is 4.38. The molecule has 6 unspecified atom stereocenters. The van der Waals surface area contributed by atoms with E-state index in [4.69, 9.17) is 37.5 Å². The molecule has 0 amide bonds. The van der Waals surface area contributed by atoms with Crippen molar-refractivity contribution in [2.75, 3.05) is 49.9 Å². The number of halogens is 3. The monoisotopic (exact) mass is 1240 g/mol. The molecule has 8 rings (SSSR count). The minimum absolute atomic E-state index is 0.0295. The summed E-state index contributed by atoms with van der Waals surface area (Å²) in [6, 6.07) is 19.0. The van der Waals surface area contributed by atoms with E-state index in [1.165, 1.54) is 29.8 Å². The first-order valence-corrected chi connectivity index (χ1v) is 31.8. The maximum Gasteiger partial charge on any atom is 0.490 e. The second-order valence-electron chi connectivity index (χ2n) is 17.3. The zero-order valence-electron chi connectivity index (χ0n) is 41.3. The lowest BCUT2D eigenvalue weighted by Gasteiger charge is -2.25. The smallest absolute Gasteiger partial charge is 0.367 e. The van der Waals surface area contributed by atoms with Crippen molar-refractivity contribution in [1.29, 1.82) is 0 Å². The Labute approximate surface area is 454 Å². The van der Waals surface area contributed by atoms with Gasteiger partial charge >= 0.3 is 43.2 Å². The van der Waals surface area contributed by atoms with Gasteiger partial charge < -0.3 is 53.3 Å². The zero-order chi connectivity index (χ0) is 56.8. The van der Waals surface area contributed by atoms with E-state index >= 15 is 0 Å². The largest absolute Gasteiger partial charge is 0.490 e. The lowest BCUT2D eigenvalue weighted by atomic mass is 10.1. The first-order chi connectivity index (χ1) is 37.4. The second kappa shape index (κ2) is 26.2. The van der Waals surface area contributed by atoms with Gasteiger partial charge in [-0.2, -0.15) is 37.9 Å². The Bertz CT molecular complexity index is 3190. The lowest BCUT2D eigenvalue weighted by Crippen LogP contribution is -2.36. The number of rotatable bonds is 28. The minimum Gasteiger partial charge on any atom is -0.367 e. The lowest BCUT2D eigenvalue weighted by molar-refractivity contribution is -0.177. The van der Waals surface area contributed by atoms with Crippen LogP contribution in [0, 0.1) is 0 Å². The molecule has 37 heteroatoms. The number of alkyl halides is 3. The van der Waals surface area contributed by atoms with Crippen molar-refractivity contribution in [1.82, 2.24) is 29.1 Å². The Morgan fingerprint density at radius 2 is 1.46 bits per heavy atom. The summed E-state index contributed by atoms with van der Waals surface area (Å²) in [7, 11) is -22.8. The van der Waals surface area contributed by atoms with Crippen molar-refractivity contribution in [3.63, 3.8) is 0 Å². The zero-order valence-corrected chi connectivity index (χ0v) is 46.5. The van der Waals surface area contributed by atoms with E-state index in [1.54, 1.807) is 42.5 Å². The number of fused-ring (bicyclic) bond motifs is 2. The number of hydrogen-bond acceptors (Lipinski definition) is 23. The Morgan fingerprint density at radius 3 is 2.10 bits per heavy atom. The molecule has 5 aromatic rings.